The average Bonchev–Trinajstić information content (AvgIpc) is 3.08. The predicted molar refractivity (Wildman–Crippen MR) is 176 cm³/mol. The Morgan fingerprint density at radius 1 is 0.649 bits per heavy atom. The number of allylic oxidation sites excluding steroid dienone is 6. The van der Waals surface area contributed by atoms with E-state index in [-0.39, 0.29) is 47.6 Å². The number of rotatable bonds is 8. The summed E-state index contributed by atoms with van der Waals surface area (Å²) in [6.07, 6.45) is 2.15. The van der Waals surface area contributed by atoms with Crippen molar-refractivity contribution in [3.05, 3.63) is 70.3 Å². The Labute approximate surface area is 253 Å². The molecular formula is C32H58N2Si2Ti. The molecule has 0 bridgehead atoms. The topological polar surface area (TPSA) is 28.2 Å². The minimum atomic E-state index is 0. The van der Waals surface area contributed by atoms with E-state index in [0.29, 0.717) is 11.8 Å². The van der Waals surface area contributed by atoms with Crippen LogP contribution in [0, 0.1) is 26.7 Å². The number of hydrogen-bond acceptors (Lipinski definition) is 0. The minimum absolute atomic E-state index is 0. The van der Waals surface area contributed by atoms with Crippen molar-refractivity contribution in [1.29, 1.82) is 0 Å². The maximum atomic E-state index is 5.10. The molecule has 5 heteroatoms. The Bertz CT molecular complexity index is 891. The van der Waals surface area contributed by atoms with Crippen LogP contribution in [0.5, 0.6) is 0 Å². The Morgan fingerprint density at radius 3 is 1.03 bits per heavy atom. The molecule has 0 aromatic rings. The fourth-order valence-corrected chi connectivity index (χ4v) is 5.19. The van der Waals surface area contributed by atoms with Crippen molar-refractivity contribution in [3.8, 4) is 0 Å². The van der Waals surface area contributed by atoms with Crippen molar-refractivity contribution in [2.45, 2.75) is 121 Å². The molecule has 0 N–H and O–H groups in total. The molecule has 4 atom stereocenters. The van der Waals surface area contributed by atoms with E-state index >= 15 is 0 Å². The van der Waals surface area contributed by atoms with Crippen molar-refractivity contribution >= 4 is 30.0 Å². The quantitative estimate of drug-likeness (QED) is 0.207. The number of nitrogens with zero attached hydrogens (tertiary/aromatic N) is 2. The van der Waals surface area contributed by atoms with Gasteiger partial charge in [0, 0.05) is 0 Å². The van der Waals surface area contributed by atoms with Gasteiger partial charge in [-0.25, -0.2) is 0 Å². The molecule has 37 heavy (non-hydrogen) atoms. The minimum Gasteiger partial charge on any atom is -0.679 e. The molecule has 0 radical (unpaired) electrons. The molecular weight excluding hydrogens is 516 g/mol. The maximum Gasteiger partial charge on any atom is 4.00 e. The van der Waals surface area contributed by atoms with Crippen LogP contribution in [0.3, 0.4) is 0 Å². The van der Waals surface area contributed by atoms with Crippen molar-refractivity contribution in [1.82, 2.24) is 0 Å². The van der Waals surface area contributed by atoms with Gasteiger partial charge >= 0.3 is 21.7 Å². The van der Waals surface area contributed by atoms with E-state index in [1.54, 1.807) is 0 Å². The molecule has 2 nitrogen and oxygen atoms in total. The molecule has 208 valence electrons. The van der Waals surface area contributed by atoms with Gasteiger partial charge in [0.25, 0.3) is 0 Å². The molecule has 2 aliphatic carbocycles. The first kappa shape index (κ1) is 40.9. The van der Waals surface area contributed by atoms with Crippen LogP contribution in [-0.2, 0) is 21.7 Å². The Morgan fingerprint density at radius 2 is 0.892 bits per heavy atom. The van der Waals surface area contributed by atoms with Crippen LogP contribution in [0.1, 0.15) is 110 Å². The summed E-state index contributed by atoms with van der Waals surface area (Å²) in [5.74, 6) is 0.979. The summed E-state index contributed by atoms with van der Waals surface area (Å²) in [6, 6.07) is 0. The average molecular weight is 575 g/mol. The van der Waals surface area contributed by atoms with E-state index in [9.17, 15) is 0 Å². The fourth-order valence-electron chi connectivity index (χ4n) is 4.53. The van der Waals surface area contributed by atoms with Gasteiger partial charge in [-0.15, -0.1) is 10.3 Å². The van der Waals surface area contributed by atoms with Gasteiger partial charge in [-0.1, -0.05) is 98.9 Å². The van der Waals surface area contributed by atoms with Gasteiger partial charge < -0.3 is 25.5 Å². The molecule has 0 aliphatic heterocycles. The Kier molecular flexibility index (Phi) is 17.6. The first-order valence-electron chi connectivity index (χ1n) is 13.0. The molecule has 4 unspecified atom stereocenters. The van der Waals surface area contributed by atoms with Crippen molar-refractivity contribution < 1.29 is 21.7 Å². The van der Waals surface area contributed by atoms with Gasteiger partial charge in [-0.3, -0.25) is 0 Å². The summed E-state index contributed by atoms with van der Waals surface area (Å²) < 4.78 is 0. The van der Waals surface area contributed by atoms with Crippen LogP contribution < -0.4 is 0 Å². The van der Waals surface area contributed by atoms with Gasteiger partial charge in [0.2, 0.25) is 0 Å². The predicted octanol–water partition coefficient (Wildman–Crippen LogP) is 8.13. The van der Waals surface area contributed by atoms with Crippen molar-refractivity contribution in [2.24, 2.45) is 11.8 Å². The molecule has 0 heterocycles. The molecule has 0 fully saturated rings. The first-order chi connectivity index (χ1) is 15.5. The monoisotopic (exact) mass is 574 g/mol. The first-order valence-corrected chi connectivity index (χ1v) is 14.4. The third-order valence-electron chi connectivity index (χ3n) is 9.15. The van der Waals surface area contributed by atoms with Gasteiger partial charge in [0.1, 0.15) is 0 Å². The molecule has 2 rings (SSSR count). The molecule has 0 spiro atoms. The maximum absolute atomic E-state index is 5.10. The summed E-state index contributed by atoms with van der Waals surface area (Å²) in [6.45, 7) is 31.3. The Balaban J connectivity index is -0.000000578. The zero-order valence-corrected chi connectivity index (χ0v) is 31.8. The third kappa shape index (κ3) is 8.72. The largest absolute Gasteiger partial charge is 4.00 e. The van der Waals surface area contributed by atoms with Crippen LogP contribution in [0.25, 0.3) is 10.6 Å². The molecule has 0 saturated heterocycles. The van der Waals surface area contributed by atoms with E-state index in [1.165, 1.54) is 55.2 Å². The summed E-state index contributed by atoms with van der Waals surface area (Å²) in [7, 11) is 3.96. The third-order valence-corrected chi connectivity index (χ3v) is 10.7. The molecule has 0 aromatic heterocycles. The molecule has 2 aliphatic rings. The summed E-state index contributed by atoms with van der Waals surface area (Å²) in [5.41, 5.74) is 11.2. The SMILES string of the molecule is CCC(C)([N-]C1=C(C)C(C)=C(C)C1C)C(C)=[SiH2].CCC(C)([N-]C1=C(C)C(C)=C(C)C1C)C(C)=[SiH2].[CH3-].[CH3-].[Ti+4]. The van der Waals surface area contributed by atoms with Crippen molar-refractivity contribution in [2.75, 3.05) is 0 Å². The molecule has 0 amide bonds. The summed E-state index contributed by atoms with van der Waals surface area (Å²) >= 11 is 0. The second-order valence-corrected chi connectivity index (χ2v) is 13.2. The summed E-state index contributed by atoms with van der Waals surface area (Å²) in [4.78, 5) is 0. The zero-order valence-electron chi connectivity index (χ0n) is 27.4. The Hall–Kier alpha value is -0.552. The van der Waals surface area contributed by atoms with Crippen molar-refractivity contribution in [3.63, 3.8) is 0 Å². The molecule has 0 aromatic carbocycles. The van der Waals surface area contributed by atoms with Crippen LogP contribution in [0.2, 0.25) is 0 Å². The standard InChI is InChI=1S/2C15H26NSi.2CH3.Ti/c2*1-8-15(7,13(6)17)16-14-11(4)9(2)10(3)12(14)5;;;/h2*11H,8,17H2,1-7H3;2*1H3;/q4*-1;+4. The van der Waals surface area contributed by atoms with Crippen LogP contribution in [-0.4, -0.2) is 41.1 Å². The van der Waals surface area contributed by atoms with E-state index < -0.39 is 0 Å². The zero-order chi connectivity index (χ0) is 26.8. The second-order valence-electron chi connectivity index (χ2n) is 11.1. The van der Waals surface area contributed by atoms with E-state index in [4.69, 9.17) is 10.6 Å². The van der Waals surface area contributed by atoms with E-state index in [0.717, 1.165) is 12.8 Å². The van der Waals surface area contributed by atoms with Crippen LogP contribution in [0.15, 0.2) is 44.8 Å². The fraction of sp³-hybridized carbons (Fsp3) is 0.625. The summed E-state index contributed by atoms with van der Waals surface area (Å²) in [5, 5.41) is 13.0. The number of hydrogen-bond donors (Lipinski definition) is 0. The van der Waals surface area contributed by atoms with Gasteiger partial charge in [-0.05, 0) is 86.9 Å². The van der Waals surface area contributed by atoms with Crippen LogP contribution >= 0.6 is 0 Å². The van der Waals surface area contributed by atoms with Gasteiger partial charge in [0.05, 0.1) is 0 Å². The van der Waals surface area contributed by atoms with E-state index in [1.807, 2.05) is 19.7 Å². The smallest absolute Gasteiger partial charge is 0.679 e. The van der Waals surface area contributed by atoms with Crippen LogP contribution in [0.4, 0.5) is 0 Å². The molecule has 0 saturated carbocycles. The van der Waals surface area contributed by atoms with E-state index in [2.05, 4.69) is 96.9 Å². The van der Waals surface area contributed by atoms with Gasteiger partial charge in [-0.2, -0.15) is 11.4 Å². The second kappa shape index (κ2) is 15.9. The van der Waals surface area contributed by atoms with Gasteiger partial charge in [0.15, 0.2) is 0 Å². The normalized spacial score (nSPS) is 22.1.